The largest absolute Gasteiger partial charge is 0.378 e. The number of likely N-dealkylation sites (N-methyl/N-ethyl adjacent to an activating group) is 1. The molecular formula is C23H26FN3O2S. The topological polar surface area (TPSA) is 52.7 Å². The van der Waals surface area contributed by atoms with Gasteiger partial charge in [-0.05, 0) is 60.8 Å². The van der Waals surface area contributed by atoms with Crippen molar-refractivity contribution in [2.24, 2.45) is 5.92 Å². The van der Waals surface area contributed by atoms with Crippen LogP contribution in [-0.4, -0.2) is 50.8 Å². The average Bonchev–Trinajstić information content (AvgIpc) is 3.24. The second-order valence-electron chi connectivity index (χ2n) is 8.48. The van der Waals surface area contributed by atoms with Crippen molar-refractivity contribution < 1.29 is 12.8 Å². The highest BCUT2D eigenvalue weighted by Gasteiger charge is 2.39. The van der Waals surface area contributed by atoms with E-state index in [2.05, 4.69) is 22.4 Å². The molecule has 30 heavy (non-hydrogen) atoms. The first-order valence-electron chi connectivity index (χ1n) is 10.4. The summed E-state index contributed by atoms with van der Waals surface area (Å²) in [7, 11) is -1.49. The maximum absolute atomic E-state index is 13.4. The van der Waals surface area contributed by atoms with Crippen LogP contribution in [0.25, 0.3) is 0 Å². The number of nitrogens with one attached hydrogen (secondary N) is 1. The van der Waals surface area contributed by atoms with Gasteiger partial charge in [-0.15, -0.1) is 0 Å². The maximum Gasteiger partial charge on any atom is 0.243 e. The molecule has 1 fully saturated rings. The lowest BCUT2D eigenvalue weighted by Crippen LogP contribution is -2.47. The standard InChI is InChI=1S/C23H26FN3O2S/c1-26-11-13-27(14-12-26)30(28,29)18-9-10-22-21(15-18)19-3-2-4-20(19)23(25-22)16-5-7-17(24)8-6-16/h2-3,5-10,15,19-20,23,25H,4,11-14H2,1H3. The van der Waals surface area contributed by atoms with Crippen molar-refractivity contribution in [2.75, 3.05) is 38.5 Å². The van der Waals surface area contributed by atoms with Gasteiger partial charge in [-0.3, -0.25) is 0 Å². The lowest BCUT2D eigenvalue weighted by molar-refractivity contribution is 0.222. The number of fused-ring (bicyclic) bond motifs is 3. The molecule has 3 aliphatic rings. The van der Waals surface area contributed by atoms with Crippen molar-refractivity contribution in [1.82, 2.24) is 9.21 Å². The van der Waals surface area contributed by atoms with E-state index in [0.29, 0.717) is 18.0 Å². The second-order valence-corrected chi connectivity index (χ2v) is 10.4. The van der Waals surface area contributed by atoms with Crippen LogP contribution in [0.3, 0.4) is 0 Å². The molecule has 2 heterocycles. The van der Waals surface area contributed by atoms with E-state index in [1.54, 1.807) is 10.4 Å². The molecule has 1 N–H and O–H groups in total. The Morgan fingerprint density at radius 2 is 1.77 bits per heavy atom. The first-order chi connectivity index (χ1) is 14.4. The molecule has 1 aliphatic carbocycles. The van der Waals surface area contributed by atoms with Crippen molar-refractivity contribution in [3.05, 3.63) is 71.6 Å². The first-order valence-corrected chi connectivity index (χ1v) is 11.9. The van der Waals surface area contributed by atoms with Crippen LogP contribution in [0.2, 0.25) is 0 Å². The number of allylic oxidation sites excluding steroid dienone is 2. The highest BCUT2D eigenvalue weighted by atomic mass is 32.2. The Morgan fingerprint density at radius 1 is 1.03 bits per heavy atom. The Balaban J connectivity index is 1.48. The summed E-state index contributed by atoms with van der Waals surface area (Å²) < 4.78 is 41.4. The summed E-state index contributed by atoms with van der Waals surface area (Å²) in [4.78, 5) is 2.51. The predicted molar refractivity (Wildman–Crippen MR) is 115 cm³/mol. The molecule has 5 rings (SSSR count). The third-order valence-corrected chi connectivity index (χ3v) is 8.56. The fourth-order valence-electron chi connectivity index (χ4n) is 4.91. The predicted octanol–water partition coefficient (Wildman–Crippen LogP) is 3.59. The lowest BCUT2D eigenvalue weighted by atomic mass is 9.77. The molecule has 3 unspecified atom stereocenters. The quantitative estimate of drug-likeness (QED) is 0.761. The summed E-state index contributed by atoms with van der Waals surface area (Å²) in [5.41, 5.74) is 3.03. The Labute approximate surface area is 177 Å². The number of anilines is 1. The monoisotopic (exact) mass is 427 g/mol. The van der Waals surface area contributed by atoms with Crippen LogP contribution >= 0.6 is 0 Å². The minimum Gasteiger partial charge on any atom is -0.378 e. The van der Waals surface area contributed by atoms with E-state index in [1.165, 1.54) is 12.1 Å². The summed E-state index contributed by atoms with van der Waals surface area (Å²) in [6.45, 7) is 2.54. The Bertz CT molecular complexity index is 1080. The van der Waals surface area contributed by atoms with Gasteiger partial charge < -0.3 is 10.2 Å². The Morgan fingerprint density at radius 3 is 2.50 bits per heavy atom. The Kier molecular flexibility index (Phi) is 4.92. The molecule has 0 spiro atoms. The zero-order valence-electron chi connectivity index (χ0n) is 17.0. The van der Waals surface area contributed by atoms with Gasteiger partial charge in [-0.1, -0.05) is 24.3 Å². The van der Waals surface area contributed by atoms with Crippen molar-refractivity contribution in [2.45, 2.75) is 23.3 Å². The molecule has 7 heteroatoms. The summed E-state index contributed by atoms with van der Waals surface area (Å²) in [6, 6.07) is 12.2. The number of nitrogens with zero attached hydrogens (tertiary/aromatic N) is 2. The molecule has 158 valence electrons. The highest BCUT2D eigenvalue weighted by Crippen LogP contribution is 2.50. The second kappa shape index (κ2) is 7.48. The number of halogens is 1. The van der Waals surface area contributed by atoms with Gasteiger partial charge in [0.15, 0.2) is 0 Å². The summed E-state index contributed by atoms with van der Waals surface area (Å²) >= 11 is 0. The van der Waals surface area contributed by atoms with Gasteiger partial charge in [0.25, 0.3) is 0 Å². The number of piperazine rings is 1. The van der Waals surface area contributed by atoms with Crippen molar-refractivity contribution in [3.8, 4) is 0 Å². The number of hydrogen-bond donors (Lipinski definition) is 1. The number of rotatable bonds is 3. The van der Waals surface area contributed by atoms with Crippen LogP contribution in [0.15, 0.2) is 59.5 Å². The van der Waals surface area contributed by atoms with Crippen LogP contribution < -0.4 is 5.32 Å². The third kappa shape index (κ3) is 3.35. The maximum atomic E-state index is 13.4. The van der Waals surface area contributed by atoms with E-state index in [9.17, 15) is 12.8 Å². The lowest BCUT2D eigenvalue weighted by Gasteiger charge is -2.38. The smallest absolute Gasteiger partial charge is 0.243 e. The van der Waals surface area contributed by atoms with Crippen LogP contribution in [0.5, 0.6) is 0 Å². The van der Waals surface area contributed by atoms with Gasteiger partial charge >= 0.3 is 0 Å². The van der Waals surface area contributed by atoms with Crippen LogP contribution in [0.4, 0.5) is 10.1 Å². The molecule has 0 bridgehead atoms. The Hall–Kier alpha value is -2.22. The number of hydrogen-bond acceptors (Lipinski definition) is 4. The highest BCUT2D eigenvalue weighted by molar-refractivity contribution is 7.89. The average molecular weight is 428 g/mol. The molecule has 0 amide bonds. The summed E-state index contributed by atoms with van der Waals surface area (Å²) in [5.74, 6) is 0.193. The molecular weight excluding hydrogens is 401 g/mol. The normalized spacial score (nSPS) is 26.8. The molecule has 0 radical (unpaired) electrons. The zero-order chi connectivity index (χ0) is 20.9. The van der Waals surface area contributed by atoms with E-state index in [-0.39, 0.29) is 23.7 Å². The minimum atomic E-state index is -3.50. The molecule has 5 nitrogen and oxygen atoms in total. The fraction of sp³-hybridized carbons (Fsp3) is 0.391. The van der Waals surface area contributed by atoms with Crippen LogP contribution in [0.1, 0.15) is 29.5 Å². The van der Waals surface area contributed by atoms with Crippen LogP contribution in [0, 0.1) is 11.7 Å². The molecule has 3 atom stereocenters. The molecule has 2 aromatic carbocycles. The number of sulfonamides is 1. The van der Waals surface area contributed by atoms with E-state index < -0.39 is 10.0 Å². The van der Waals surface area contributed by atoms with Gasteiger partial charge in [0, 0.05) is 37.8 Å². The summed E-state index contributed by atoms with van der Waals surface area (Å²) in [5, 5.41) is 3.59. The molecule has 2 aliphatic heterocycles. The van der Waals surface area contributed by atoms with Gasteiger partial charge in [-0.2, -0.15) is 4.31 Å². The van der Waals surface area contributed by atoms with Gasteiger partial charge in [0.05, 0.1) is 10.9 Å². The first kappa shape index (κ1) is 19.7. The van der Waals surface area contributed by atoms with Gasteiger partial charge in [0.1, 0.15) is 5.82 Å². The molecule has 0 aromatic heterocycles. The minimum absolute atomic E-state index is 0.0678. The van der Waals surface area contributed by atoms with Crippen molar-refractivity contribution >= 4 is 15.7 Å². The zero-order valence-corrected chi connectivity index (χ0v) is 17.8. The third-order valence-electron chi connectivity index (χ3n) is 6.66. The van der Waals surface area contributed by atoms with Crippen LogP contribution in [-0.2, 0) is 10.0 Å². The van der Waals surface area contributed by atoms with Gasteiger partial charge in [0.2, 0.25) is 10.0 Å². The molecule has 2 aromatic rings. The van der Waals surface area contributed by atoms with Gasteiger partial charge in [-0.25, -0.2) is 12.8 Å². The molecule has 0 saturated carbocycles. The van der Waals surface area contributed by atoms with E-state index in [4.69, 9.17) is 0 Å². The molecule has 1 saturated heterocycles. The van der Waals surface area contributed by atoms with Crippen molar-refractivity contribution in [3.63, 3.8) is 0 Å². The van der Waals surface area contributed by atoms with E-state index in [0.717, 1.165) is 36.3 Å². The SMILES string of the molecule is CN1CCN(S(=O)(=O)c2ccc3c(c2)C2C=CCC2C(c2ccc(F)cc2)N3)CC1. The summed E-state index contributed by atoms with van der Waals surface area (Å²) in [6.07, 6.45) is 5.27. The van der Waals surface area contributed by atoms with E-state index in [1.807, 2.05) is 31.3 Å². The van der Waals surface area contributed by atoms with E-state index >= 15 is 0 Å². The fourth-order valence-corrected chi connectivity index (χ4v) is 6.37. The number of benzene rings is 2. The van der Waals surface area contributed by atoms with Crippen molar-refractivity contribution in [1.29, 1.82) is 0 Å².